The first kappa shape index (κ1) is 20.7. The van der Waals surface area contributed by atoms with E-state index in [1.54, 1.807) is 19.1 Å². The molecule has 6 heteroatoms. The smallest absolute Gasteiger partial charge is 0.308 e. The van der Waals surface area contributed by atoms with E-state index >= 15 is 0 Å². The van der Waals surface area contributed by atoms with Crippen LogP contribution in [0.5, 0.6) is 5.75 Å². The summed E-state index contributed by atoms with van der Waals surface area (Å²) in [7, 11) is -3.53. The first-order chi connectivity index (χ1) is 13.7. The predicted octanol–water partition coefficient (Wildman–Crippen LogP) is 4.37. The van der Waals surface area contributed by atoms with Gasteiger partial charge >= 0.3 is 10.1 Å². The van der Waals surface area contributed by atoms with Gasteiger partial charge in [0.05, 0.1) is 11.2 Å². The van der Waals surface area contributed by atoms with Gasteiger partial charge in [0.15, 0.2) is 0 Å². The number of carbonyl (C=O) groups excluding carboxylic acids is 1. The van der Waals surface area contributed by atoms with Gasteiger partial charge in [-0.15, -0.1) is 0 Å². The number of benzene rings is 1. The average molecular weight is 420 g/mol. The third-order valence-electron chi connectivity index (χ3n) is 7.23. The molecule has 160 valence electrons. The van der Waals surface area contributed by atoms with Gasteiger partial charge in [0.2, 0.25) is 5.91 Å². The summed E-state index contributed by atoms with van der Waals surface area (Å²) >= 11 is 0. The average Bonchev–Trinajstić information content (AvgIpc) is 2.65. The Kier molecular flexibility index (Phi) is 5.43. The highest BCUT2D eigenvalue weighted by molar-refractivity contribution is 7.87. The maximum absolute atomic E-state index is 13.8. The maximum Gasteiger partial charge on any atom is 0.308 e. The number of hydrogen-bond acceptors (Lipinski definition) is 4. The fraction of sp³-hybridized carbons (Fsp3) is 0.696. The minimum Gasteiger partial charge on any atom is -0.382 e. The molecule has 0 spiro atoms. The normalized spacial score (nSPS) is 30.6. The minimum atomic E-state index is -3.53. The highest BCUT2D eigenvalue weighted by atomic mass is 32.2. The largest absolute Gasteiger partial charge is 0.382 e. The zero-order chi connectivity index (χ0) is 20.8. The van der Waals surface area contributed by atoms with E-state index in [2.05, 4.69) is 13.8 Å². The molecule has 1 aromatic carbocycles. The Morgan fingerprint density at radius 1 is 1.07 bits per heavy atom. The molecule has 4 fully saturated rings. The van der Waals surface area contributed by atoms with Crippen molar-refractivity contribution in [1.82, 2.24) is 4.90 Å². The van der Waals surface area contributed by atoms with E-state index < -0.39 is 10.1 Å². The summed E-state index contributed by atoms with van der Waals surface area (Å²) in [6.45, 7) is 6.28. The Hall–Kier alpha value is -1.56. The van der Waals surface area contributed by atoms with Crippen LogP contribution >= 0.6 is 0 Å². The lowest BCUT2D eigenvalue weighted by Crippen LogP contribution is -2.55. The van der Waals surface area contributed by atoms with Crippen molar-refractivity contribution in [1.29, 1.82) is 0 Å². The summed E-state index contributed by atoms with van der Waals surface area (Å²) in [5, 5.41) is 0. The number of rotatable bonds is 7. The van der Waals surface area contributed by atoms with Gasteiger partial charge in [-0.05, 0) is 94.7 Å². The molecule has 0 aromatic heterocycles. The Labute approximate surface area is 174 Å². The van der Waals surface area contributed by atoms with Crippen LogP contribution in [-0.4, -0.2) is 31.0 Å². The van der Waals surface area contributed by atoms with Crippen LogP contribution in [-0.2, 0) is 21.5 Å². The lowest BCUT2D eigenvalue weighted by atomic mass is 9.49. The van der Waals surface area contributed by atoms with Crippen LogP contribution in [0.1, 0.15) is 64.9 Å². The van der Waals surface area contributed by atoms with Crippen LogP contribution in [0, 0.1) is 23.2 Å². The summed E-state index contributed by atoms with van der Waals surface area (Å²) in [4.78, 5) is 15.8. The van der Waals surface area contributed by atoms with Crippen molar-refractivity contribution in [3.63, 3.8) is 0 Å². The monoisotopic (exact) mass is 419 g/mol. The van der Waals surface area contributed by atoms with Gasteiger partial charge in [-0.3, -0.25) is 4.79 Å². The number of hydrogen-bond donors (Lipinski definition) is 0. The molecule has 29 heavy (non-hydrogen) atoms. The van der Waals surface area contributed by atoms with Crippen LogP contribution in [0.3, 0.4) is 0 Å². The third-order valence-corrected chi connectivity index (χ3v) is 8.38. The summed E-state index contributed by atoms with van der Waals surface area (Å²) in [6.07, 6.45) is 7.21. The second-order valence-electron chi connectivity index (χ2n) is 9.80. The predicted molar refractivity (Wildman–Crippen MR) is 113 cm³/mol. The summed E-state index contributed by atoms with van der Waals surface area (Å²) in [5.74, 6) is 2.83. The van der Waals surface area contributed by atoms with Gasteiger partial charge in [0.25, 0.3) is 0 Å². The van der Waals surface area contributed by atoms with Crippen molar-refractivity contribution in [3.8, 4) is 5.75 Å². The highest BCUT2D eigenvalue weighted by Gasteiger charge is 2.55. The molecule has 0 saturated heterocycles. The number of nitrogens with zero attached hydrogens (tertiary/aromatic N) is 1. The molecule has 0 heterocycles. The molecule has 4 aliphatic rings. The SMILES string of the molecule is CCS(=O)(=O)Oc1ccc(CN(C(=O)C23CC4CC(CC(C4)C2)C3)C(C)C)cc1. The van der Waals surface area contributed by atoms with Crippen molar-refractivity contribution in [2.24, 2.45) is 23.2 Å². The molecule has 1 aromatic rings. The van der Waals surface area contributed by atoms with Crippen LogP contribution in [0.15, 0.2) is 24.3 Å². The Bertz CT molecular complexity index is 824. The van der Waals surface area contributed by atoms with E-state index in [1.807, 2.05) is 17.0 Å². The van der Waals surface area contributed by atoms with Gasteiger partial charge in [-0.2, -0.15) is 8.42 Å². The van der Waals surface area contributed by atoms with Crippen molar-refractivity contribution in [2.45, 2.75) is 71.9 Å². The summed E-state index contributed by atoms with van der Waals surface area (Å²) < 4.78 is 28.3. The lowest BCUT2D eigenvalue weighted by molar-refractivity contribution is -0.160. The number of amides is 1. The topological polar surface area (TPSA) is 63.7 Å². The Balaban J connectivity index is 1.49. The zero-order valence-electron chi connectivity index (χ0n) is 17.8. The molecule has 4 bridgehead atoms. The molecular formula is C23H33NO4S. The van der Waals surface area contributed by atoms with Crippen LogP contribution in [0.25, 0.3) is 0 Å². The van der Waals surface area contributed by atoms with Gasteiger partial charge in [-0.1, -0.05) is 12.1 Å². The molecule has 4 aliphatic carbocycles. The van der Waals surface area contributed by atoms with E-state index in [0.29, 0.717) is 18.2 Å². The van der Waals surface area contributed by atoms with Gasteiger partial charge in [-0.25, -0.2) is 0 Å². The van der Waals surface area contributed by atoms with Crippen molar-refractivity contribution in [3.05, 3.63) is 29.8 Å². The van der Waals surface area contributed by atoms with Crippen molar-refractivity contribution >= 4 is 16.0 Å². The van der Waals surface area contributed by atoms with Crippen LogP contribution < -0.4 is 4.18 Å². The minimum absolute atomic E-state index is 0.0601. The van der Waals surface area contributed by atoms with Crippen LogP contribution in [0.4, 0.5) is 0 Å². The molecule has 0 aliphatic heterocycles. The van der Waals surface area contributed by atoms with Gasteiger partial charge in [0.1, 0.15) is 5.75 Å². The molecule has 4 saturated carbocycles. The molecule has 0 radical (unpaired) electrons. The van der Waals surface area contributed by atoms with Crippen molar-refractivity contribution < 1.29 is 17.4 Å². The zero-order valence-corrected chi connectivity index (χ0v) is 18.6. The molecule has 0 atom stereocenters. The third kappa shape index (κ3) is 4.18. The fourth-order valence-corrected chi connectivity index (χ4v) is 6.74. The second-order valence-corrected chi connectivity index (χ2v) is 11.7. The standard InChI is InChI=1S/C23H33NO4S/c1-4-29(26,27)28-21-7-5-17(6-8-21)15-24(16(2)3)22(25)23-12-18-9-19(13-23)11-20(10-18)14-23/h5-8,16,18-20H,4,9-15H2,1-3H3. The van der Waals surface area contributed by atoms with E-state index in [0.717, 1.165) is 42.6 Å². The summed E-state index contributed by atoms with van der Waals surface area (Å²) in [5.41, 5.74) is 0.857. The van der Waals surface area contributed by atoms with E-state index in [9.17, 15) is 13.2 Å². The summed E-state index contributed by atoms with van der Waals surface area (Å²) in [6, 6.07) is 7.21. The molecule has 5 nitrogen and oxygen atoms in total. The lowest BCUT2D eigenvalue weighted by Gasteiger charge is -2.57. The molecule has 0 N–H and O–H groups in total. The van der Waals surface area contributed by atoms with Crippen LogP contribution in [0.2, 0.25) is 0 Å². The maximum atomic E-state index is 13.8. The molecule has 1 amide bonds. The first-order valence-corrected chi connectivity index (χ1v) is 12.6. The van der Waals surface area contributed by atoms with E-state index in [-0.39, 0.29) is 17.2 Å². The second kappa shape index (κ2) is 7.60. The molecular weight excluding hydrogens is 386 g/mol. The first-order valence-electron chi connectivity index (χ1n) is 11.0. The van der Waals surface area contributed by atoms with Gasteiger partial charge < -0.3 is 9.08 Å². The number of carbonyl (C=O) groups is 1. The molecule has 5 rings (SSSR count). The molecule has 0 unspecified atom stereocenters. The Morgan fingerprint density at radius 3 is 2.03 bits per heavy atom. The van der Waals surface area contributed by atoms with E-state index in [4.69, 9.17) is 4.18 Å². The van der Waals surface area contributed by atoms with Crippen molar-refractivity contribution in [2.75, 3.05) is 5.75 Å². The van der Waals surface area contributed by atoms with Gasteiger partial charge in [0, 0.05) is 12.6 Å². The van der Waals surface area contributed by atoms with E-state index in [1.165, 1.54) is 19.3 Å². The fourth-order valence-electron chi connectivity index (χ4n) is 6.22. The quantitative estimate of drug-likeness (QED) is 0.616. The highest BCUT2D eigenvalue weighted by Crippen LogP contribution is 2.60. The Morgan fingerprint density at radius 2 is 1.59 bits per heavy atom.